The van der Waals surface area contributed by atoms with Crippen molar-refractivity contribution in [3.8, 4) is 5.75 Å². The predicted octanol–water partition coefficient (Wildman–Crippen LogP) is 3.82. The van der Waals surface area contributed by atoms with Crippen LogP contribution in [0.15, 0.2) is 36.7 Å². The maximum atomic E-state index is 12.2. The topological polar surface area (TPSA) is 39.2 Å². The second-order valence-electron chi connectivity index (χ2n) is 3.89. The fraction of sp³-hybridized carbons (Fsp3) is 0.143. The van der Waals surface area contributed by atoms with Crippen molar-refractivity contribution in [2.45, 2.75) is 6.42 Å². The van der Waals surface area contributed by atoms with E-state index in [1.165, 1.54) is 13.3 Å². The summed E-state index contributed by atoms with van der Waals surface area (Å²) in [6.07, 6.45) is 3.22. The first-order valence-electron chi connectivity index (χ1n) is 5.57. The van der Waals surface area contributed by atoms with Gasteiger partial charge in [0.15, 0.2) is 5.78 Å². The Morgan fingerprint density at radius 3 is 2.84 bits per heavy atom. The van der Waals surface area contributed by atoms with Crippen LogP contribution in [0.5, 0.6) is 5.75 Å². The average molecular weight is 296 g/mol. The second kappa shape index (κ2) is 6.04. The van der Waals surface area contributed by atoms with Crippen LogP contribution in [0, 0.1) is 0 Å². The van der Waals surface area contributed by atoms with Crippen molar-refractivity contribution >= 4 is 29.0 Å². The molecule has 1 heterocycles. The molecule has 0 radical (unpaired) electrons. The summed E-state index contributed by atoms with van der Waals surface area (Å²) in [5.41, 5.74) is 1.17. The molecule has 0 saturated heterocycles. The molecule has 0 saturated carbocycles. The molecule has 0 aliphatic carbocycles. The molecule has 98 valence electrons. The number of hydrogen-bond donors (Lipinski definition) is 0. The third-order valence-electron chi connectivity index (χ3n) is 2.69. The van der Waals surface area contributed by atoms with E-state index in [1.807, 2.05) is 0 Å². The Kier molecular flexibility index (Phi) is 4.40. The lowest BCUT2D eigenvalue weighted by Crippen LogP contribution is -2.06. The number of rotatable bonds is 4. The number of halogens is 2. The molecule has 1 aromatic heterocycles. The molecular weight excluding hydrogens is 285 g/mol. The van der Waals surface area contributed by atoms with Crippen molar-refractivity contribution in [2.24, 2.45) is 0 Å². The first kappa shape index (κ1) is 13.8. The highest BCUT2D eigenvalue weighted by Gasteiger charge is 2.15. The minimum atomic E-state index is -0.0941. The van der Waals surface area contributed by atoms with Gasteiger partial charge in [-0.2, -0.15) is 0 Å². The Hall–Kier alpha value is -1.58. The molecule has 19 heavy (non-hydrogen) atoms. The molecule has 3 nitrogen and oxygen atoms in total. The lowest BCUT2D eigenvalue weighted by atomic mass is 10.0. The summed E-state index contributed by atoms with van der Waals surface area (Å²) in [6, 6.07) is 6.85. The van der Waals surface area contributed by atoms with E-state index in [1.54, 1.807) is 30.5 Å². The number of ether oxygens (including phenoxy) is 1. The average Bonchev–Trinajstić information content (AvgIpc) is 2.43. The predicted molar refractivity (Wildman–Crippen MR) is 75.3 cm³/mol. The maximum Gasteiger partial charge on any atom is 0.171 e. The third-order valence-corrected chi connectivity index (χ3v) is 3.55. The molecule has 0 amide bonds. The highest BCUT2D eigenvalue weighted by Crippen LogP contribution is 2.27. The molecule has 0 unspecified atom stereocenters. The molecular formula is C14H11Cl2NO2. The molecule has 0 bridgehead atoms. The quantitative estimate of drug-likeness (QED) is 0.805. The molecule has 0 aliphatic rings. The summed E-state index contributed by atoms with van der Waals surface area (Å²) >= 11 is 12.0. The van der Waals surface area contributed by atoms with Gasteiger partial charge in [-0.05, 0) is 17.7 Å². The molecule has 5 heteroatoms. The number of nitrogens with zero attached hydrogens (tertiary/aromatic N) is 1. The van der Waals surface area contributed by atoms with Gasteiger partial charge in [0.1, 0.15) is 5.75 Å². The lowest BCUT2D eigenvalue weighted by molar-refractivity contribution is 0.0990. The zero-order chi connectivity index (χ0) is 13.8. The van der Waals surface area contributed by atoms with E-state index in [2.05, 4.69) is 4.98 Å². The summed E-state index contributed by atoms with van der Waals surface area (Å²) in [5.74, 6) is 0.356. The Bertz CT molecular complexity index is 614. The zero-order valence-corrected chi connectivity index (χ0v) is 11.7. The van der Waals surface area contributed by atoms with Gasteiger partial charge in [0.05, 0.1) is 28.9 Å². The maximum absolute atomic E-state index is 12.2. The van der Waals surface area contributed by atoms with Crippen molar-refractivity contribution in [2.75, 3.05) is 7.11 Å². The summed E-state index contributed by atoms with van der Waals surface area (Å²) in [4.78, 5) is 16.2. The van der Waals surface area contributed by atoms with Crippen LogP contribution in [0.2, 0.25) is 10.0 Å². The Morgan fingerprint density at radius 2 is 2.11 bits per heavy atom. The van der Waals surface area contributed by atoms with Crippen LogP contribution in [-0.2, 0) is 6.42 Å². The van der Waals surface area contributed by atoms with Gasteiger partial charge in [-0.25, -0.2) is 0 Å². The van der Waals surface area contributed by atoms with E-state index in [4.69, 9.17) is 27.9 Å². The summed E-state index contributed by atoms with van der Waals surface area (Å²) in [6.45, 7) is 0. The molecule has 1 aromatic carbocycles. The number of ketones is 1. The first-order valence-corrected chi connectivity index (χ1v) is 6.33. The van der Waals surface area contributed by atoms with E-state index in [0.29, 0.717) is 26.9 Å². The van der Waals surface area contributed by atoms with Gasteiger partial charge in [-0.1, -0.05) is 35.3 Å². The van der Waals surface area contributed by atoms with Gasteiger partial charge in [-0.15, -0.1) is 0 Å². The van der Waals surface area contributed by atoms with E-state index >= 15 is 0 Å². The highest BCUT2D eigenvalue weighted by atomic mass is 35.5. The number of methoxy groups -OCH3 is 1. The van der Waals surface area contributed by atoms with Crippen LogP contribution in [-0.4, -0.2) is 17.9 Å². The summed E-state index contributed by atoms with van der Waals surface area (Å²) < 4.78 is 5.12. The lowest BCUT2D eigenvalue weighted by Gasteiger charge is -2.08. The van der Waals surface area contributed by atoms with Crippen molar-refractivity contribution in [1.82, 2.24) is 4.98 Å². The van der Waals surface area contributed by atoms with Crippen molar-refractivity contribution in [3.05, 3.63) is 57.8 Å². The molecule has 0 spiro atoms. The van der Waals surface area contributed by atoms with Gasteiger partial charge >= 0.3 is 0 Å². The zero-order valence-electron chi connectivity index (χ0n) is 10.2. The van der Waals surface area contributed by atoms with Crippen LogP contribution in [0.1, 0.15) is 15.9 Å². The van der Waals surface area contributed by atoms with E-state index in [-0.39, 0.29) is 12.2 Å². The van der Waals surface area contributed by atoms with Gasteiger partial charge in [-0.3, -0.25) is 9.78 Å². The fourth-order valence-electron chi connectivity index (χ4n) is 1.73. The molecule has 0 N–H and O–H groups in total. The normalized spacial score (nSPS) is 10.3. The fourth-order valence-corrected chi connectivity index (χ4v) is 2.11. The monoisotopic (exact) mass is 295 g/mol. The van der Waals surface area contributed by atoms with E-state index < -0.39 is 0 Å². The second-order valence-corrected chi connectivity index (χ2v) is 4.67. The summed E-state index contributed by atoms with van der Waals surface area (Å²) in [7, 11) is 1.50. The van der Waals surface area contributed by atoms with E-state index in [9.17, 15) is 4.79 Å². The number of aromatic nitrogens is 1. The molecule has 0 atom stereocenters. The van der Waals surface area contributed by atoms with Gasteiger partial charge < -0.3 is 4.74 Å². The largest absolute Gasteiger partial charge is 0.494 e. The first-order chi connectivity index (χ1) is 9.13. The number of pyridine rings is 1. The standard InChI is InChI=1S/C14H11Cl2NO2/c1-19-13-8-17-6-5-10(13)12(18)7-9-3-2-4-11(15)14(9)16/h2-6,8H,7H2,1H3. The van der Waals surface area contributed by atoms with Gasteiger partial charge in [0.2, 0.25) is 0 Å². The van der Waals surface area contributed by atoms with Crippen LogP contribution in [0.4, 0.5) is 0 Å². The molecule has 2 aromatic rings. The minimum absolute atomic E-state index is 0.0941. The van der Waals surface area contributed by atoms with Crippen LogP contribution >= 0.6 is 23.2 Å². The number of hydrogen-bond acceptors (Lipinski definition) is 3. The minimum Gasteiger partial charge on any atom is -0.494 e. The number of Topliss-reactive ketones (excluding diaryl/α,β-unsaturated/α-hetero) is 1. The SMILES string of the molecule is COc1cnccc1C(=O)Cc1cccc(Cl)c1Cl. The smallest absolute Gasteiger partial charge is 0.171 e. The number of carbonyl (C=O) groups excluding carboxylic acids is 1. The van der Waals surface area contributed by atoms with E-state index in [0.717, 1.165) is 0 Å². The summed E-state index contributed by atoms with van der Waals surface area (Å²) in [5, 5.41) is 0.846. The Morgan fingerprint density at radius 1 is 1.32 bits per heavy atom. The van der Waals surface area contributed by atoms with Crippen molar-refractivity contribution in [3.63, 3.8) is 0 Å². The van der Waals surface area contributed by atoms with Gasteiger partial charge in [0, 0.05) is 12.6 Å². The highest BCUT2D eigenvalue weighted by molar-refractivity contribution is 6.42. The van der Waals surface area contributed by atoms with Crippen LogP contribution in [0.25, 0.3) is 0 Å². The van der Waals surface area contributed by atoms with Crippen molar-refractivity contribution < 1.29 is 9.53 Å². The molecule has 0 fully saturated rings. The van der Waals surface area contributed by atoms with Gasteiger partial charge in [0.25, 0.3) is 0 Å². The molecule has 2 rings (SSSR count). The Labute approximate surface area is 121 Å². The number of carbonyl (C=O) groups is 1. The van der Waals surface area contributed by atoms with Crippen LogP contribution in [0.3, 0.4) is 0 Å². The van der Waals surface area contributed by atoms with Crippen LogP contribution < -0.4 is 4.74 Å². The van der Waals surface area contributed by atoms with Crippen molar-refractivity contribution in [1.29, 1.82) is 0 Å². The third kappa shape index (κ3) is 3.06. The Balaban J connectivity index is 2.28. The number of benzene rings is 1. The molecule has 0 aliphatic heterocycles.